The number of benzene rings is 7. The normalized spacial score (nSPS) is 11.7. The molecule has 0 aliphatic rings. The fraction of sp³-hybridized carbons (Fsp3) is 0. The largest absolute Gasteiger partial charge is 0.309 e. The third kappa shape index (κ3) is 3.62. The number of hydrogen-bond acceptors (Lipinski definition) is 2. The molecule has 0 atom stereocenters. The third-order valence-corrected chi connectivity index (χ3v) is 8.66. The molecule has 9 rings (SSSR count). The smallest absolute Gasteiger partial charge is 0.0907 e. The predicted molar refractivity (Wildman–Crippen MR) is 180 cm³/mol. The van der Waals surface area contributed by atoms with E-state index in [1.807, 2.05) is 0 Å². The van der Waals surface area contributed by atoms with Gasteiger partial charge in [0, 0.05) is 28.9 Å². The third-order valence-electron chi connectivity index (χ3n) is 8.66. The van der Waals surface area contributed by atoms with Crippen LogP contribution in [0.15, 0.2) is 152 Å². The van der Waals surface area contributed by atoms with Gasteiger partial charge in [0.05, 0.1) is 22.1 Å². The summed E-state index contributed by atoms with van der Waals surface area (Å²) in [7, 11) is 0. The molecule has 2 aromatic heterocycles. The molecule has 0 N–H and O–H groups in total. The molecule has 0 amide bonds. The van der Waals surface area contributed by atoms with Crippen LogP contribution in [0.4, 0.5) is 0 Å². The second-order valence-corrected chi connectivity index (χ2v) is 11.0. The van der Waals surface area contributed by atoms with E-state index in [9.17, 15) is 0 Å². The van der Waals surface area contributed by atoms with Crippen LogP contribution in [0.3, 0.4) is 0 Å². The zero-order chi connectivity index (χ0) is 28.3. The Morgan fingerprint density at radius 2 is 0.860 bits per heavy atom. The Bertz CT molecular complexity index is 2360. The molecule has 0 unspecified atom stereocenters. The lowest BCUT2D eigenvalue weighted by molar-refractivity contribution is 1.18. The van der Waals surface area contributed by atoms with E-state index in [0.717, 1.165) is 16.7 Å². The molecule has 0 radical (unpaired) electrons. The summed E-state index contributed by atoms with van der Waals surface area (Å²) in [4.78, 5) is 9.21. The van der Waals surface area contributed by atoms with Crippen LogP contribution >= 0.6 is 0 Å². The standard InChI is InChI=1S/C40H25N3/c1-3-11-26(12-4-1)33-24-37-39(31-17-9-7-15-29(31)33)40-32-18-10-8-16-30(32)34(27-13-5-2-6-14-27)25-38(40)43(37)28-19-20-35-36(23-28)42-22-21-41-35/h1-25H. The van der Waals surface area contributed by atoms with E-state index in [1.54, 1.807) is 12.4 Å². The molecular weight excluding hydrogens is 522 g/mol. The number of rotatable bonds is 3. The predicted octanol–water partition coefficient (Wildman–Crippen LogP) is 10.4. The molecular formula is C40H25N3. The summed E-state index contributed by atoms with van der Waals surface area (Å²) < 4.78 is 2.43. The van der Waals surface area contributed by atoms with Crippen LogP contribution in [0.5, 0.6) is 0 Å². The Labute approximate surface area is 248 Å². The topological polar surface area (TPSA) is 30.7 Å². The minimum Gasteiger partial charge on any atom is -0.309 e. The molecule has 200 valence electrons. The maximum absolute atomic E-state index is 4.67. The molecule has 0 spiro atoms. The van der Waals surface area contributed by atoms with Crippen molar-refractivity contribution in [3.8, 4) is 27.9 Å². The molecule has 9 aromatic rings. The van der Waals surface area contributed by atoms with Crippen molar-refractivity contribution in [2.45, 2.75) is 0 Å². The lowest BCUT2D eigenvalue weighted by Gasteiger charge is -2.13. The van der Waals surface area contributed by atoms with Crippen LogP contribution < -0.4 is 0 Å². The van der Waals surface area contributed by atoms with Crippen molar-refractivity contribution in [3.63, 3.8) is 0 Å². The van der Waals surface area contributed by atoms with Crippen molar-refractivity contribution in [3.05, 3.63) is 152 Å². The van der Waals surface area contributed by atoms with Gasteiger partial charge in [-0.15, -0.1) is 0 Å². The zero-order valence-electron chi connectivity index (χ0n) is 23.3. The summed E-state index contributed by atoms with van der Waals surface area (Å²) in [5.74, 6) is 0. The number of nitrogens with zero attached hydrogens (tertiary/aromatic N) is 3. The van der Waals surface area contributed by atoms with Crippen molar-refractivity contribution in [2.75, 3.05) is 0 Å². The van der Waals surface area contributed by atoms with Gasteiger partial charge in [0.2, 0.25) is 0 Å². The molecule has 3 heteroatoms. The van der Waals surface area contributed by atoms with Gasteiger partial charge in [-0.2, -0.15) is 0 Å². The molecule has 7 aromatic carbocycles. The summed E-state index contributed by atoms with van der Waals surface area (Å²) in [5.41, 5.74) is 10.0. The van der Waals surface area contributed by atoms with Crippen LogP contribution in [0.1, 0.15) is 0 Å². The summed E-state index contributed by atoms with van der Waals surface area (Å²) >= 11 is 0. The zero-order valence-corrected chi connectivity index (χ0v) is 23.3. The lowest BCUT2D eigenvalue weighted by Crippen LogP contribution is -1.96. The highest BCUT2D eigenvalue weighted by atomic mass is 15.0. The SMILES string of the molecule is c1ccc(-c2cc3c(c4ccccc24)c2c4ccccc4c(-c4ccccc4)cc2n3-c2ccc3nccnc3c2)cc1. The Morgan fingerprint density at radius 3 is 1.40 bits per heavy atom. The second kappa shape index (κ2) is 9.37. The second-order valence-electron chi connectivity index (χ2n) is 11.0. The average molecular weight is 548 g/mol. The van der Waals surface area contributed by atoms with Gasteiger partial charge in [-0.3, -0.25) is 9.97 Å². The Hall–Kier alpha value is -5.80. The van der Waals surface area contributed by atoms with Gasteiger partial charge in [-0.05, 0) is 74.1 Å². The first-order valence-corrected chi connectivity index (χ1v) is 14.6. The molecule has 0 saturated carbocycles. The Morgan fingerprint density at radius 1 is 0.395 bits per heavy atom. The molecule has 43 heavy (non-hydrogen) atoms. The van der Waals surface area contributed by atoms with Crippen LogP contribution in [0, 0.1) is 0 Å². The first-order chi connectivity index (χ1) is 21.3. The minimum atomic E-state index is 0.878. The summed E-state index contributed by atoms with van der Waals surface area (Å²) in [5, 5.41) is 7.53. The van der Waals surface area contributed by atoms with Crippen molar-refractivity contribution in [1.82, 2.24) is 14.5 Å². The quantitative estimate of drug-likeness (QED) is 0.220. The van der Waals surface area contributed by atoms with Gasteiger partial charge in [0.1, 0.15) is 0 Å². The first-order valence-electron chi connectivity index (χ1n) is 14.6. The van der Waals surface area contributed by atoms with Crippen molar-refractivity contribution < 1.29 is 0 Å². The van der Waals surface area contributed by atoms with E-state index in [4.69, 9.17) is 0 Å². The Kier molecular flexibility index (Phi) is 5.20. The van der Waals surface area contributed by atoms with Crippen LogP contribution in [0.2, 0.25) is 0 Å². The van der Waals surface area contributed by atoms with Gasteiger partial charge in [0.15, 0.2) is 0 Å². The highest BCUT2D eigenvalue weighted by molar-refractivity contribution is 6.31. The highest BCUT2D eigenvalue weighted by Crippen LogP contribution is 2.46. The molecule has 0 saturated heterocycles. The number of aromatic nitrogens is 3. The van der Waals surface area contributed by atoms with Gasteiger partial charge in [-0.25, -0.2) is 0 Å². The average Bonchev–Trinajstić information content (AvgIpc) is 3.42. The molecule has 0 fully saturated rings. The maximum Gasteiger partial charge on any atom is 0.0907 e. The van der Waals surface area contributed by atoms with Gasteiger partial charge < -0.3 is 4.57 Å². The number of fused-ring (bicyclic) bond motifs is 8. The fourth-order valence-corrected chi connectivity index (χ4v) is 6.81. The van der Waals surface area contributed by atoms with Crippen LogP contribution in [-0.2, 0) is 0 Å². The van der Waals surface area contributed by atoms with Crippen molar-refractivity contribution >= 4 is 54.4 Å². The monoisotopic (exact) mass is 547 g/mol. The van der Waals surface area contributed by atoms with Crippen molar-refractivity contribution in [2.24, 2.45) is 0 Å². The summed E-state index contributed by atoms with van der Waals surface area (Å²) in [6.45, 7) is 0. The fourth-order valence-electron chi connectivity index (χ4n) is 6.81. The van der Waals surface area contributed by atoms with E-state index in [-0.39, 0.29) is 0 Å². The van der Waals surface area contributed by atoms with E-state index in [1.165, 1.54) is 65.6 Å². The maximum atomic E-state index is 4.67. The molecule has 0 bridgehead atoms. The van der Waals surface area contributed by atoms with E-state index >= 15 is 0 Å². The molecule has 2 heterocycles. The van der Waals surface area contributed by atoms with Gasteiger partial charge in [0.25, 0.3) is 0 Å². The molecule has 0 aliphatic heterocycles. The number of hydrogen-bond donors (Lipinski definition) is 0. The lowest BCUT2D eigenvalue weighted by atomic mass is 9.92. The summed E-state index contributed by atoms with van der Waals surface area (Å²) in [6.07, 6.45) is 3.51. The highest BCUT2D eigenvalue weighted by Gasteiger charge is 2.21. The van der Waals surface area contributed by atoms with Crippen molar-refractivity contribution in [1.29, 1.82) is 0 Å². The van der Waals surface area contributed by atoms with E-state index < -0.39 is 0 Å². The first kappa shape index (κ1) is 23.9. The molecule has 0 aliphatic carbocycles. The van der Waals surface area contributed by atoms with Gasteiger partial charge in [-0.1, -0.05) is 109 Å². The minimum absolute atomic E-state index is 0.878. The van der Waals surface area contributed by atoms with Gasteiger partial charge >= 0.3 is 0 Å². The molecule has 3 nitrogen and oxygen atoms in total. The van der Waals surface area contributed by atoms with E-state index in [2.05, 4.69) is 154 Å². The summed E-state index contributed by atoms with van der Waals surface area (Å²) in [6, 6.07) is 50.3. The van der Waals surface area contributed by atoms with E-state index in [0.29, 0.717) is 0 Å². The Balaban J connectivity index is 1.54. The van der Waals surface area contributed by atoms with Crippen LogP contribution in [-0.4, -0.2) is 14.5 Å². The van der Waals surface area contributed by atoms with Crippen LogP contribution in [0.25, 0.3) is 82.3 Å².